The molecule has 0 atom stereocenters. The Hall–Kier alpha value is -5.96. The summed E-state index contributed by atoms with van der Waals surface area (Å²) in [5.74, 6) is 6.30. The highest BCUT2D eigenvalue weighted by Gasteiger charge is 2.15. The van der Waals surface area contributed by atoms with Crippen LogP contribution in [0.2, 0.25) is 0 Å². The Kier molecular flexibility index (Phi) is 7.42. The highest BCUT2D eigenvalue weighted by molar-refractivity contribution is 5.96. The van der Waals surface area contributed by atoms with E-state index in [2.05, 4.69) is 37.4 Å². The molecule has 12 nitrogen and oxygen atoms in total. The van der Waals surface area contributed by atoms with Crippen molar-refractivity contribution in [3.8, 4) is 11.8 Å². The van der Waals surface area contributed by atoms with E-state index in [0.29, 0.717) is 34.4 Å². The lowest BCUT2D eigenvalue weighted by Gasteiger charge is -2.15. The van der Waals surface area contributed by atoms with Crippen molar-refractivity contribution < 1.29 is 4.79 Å². The number of carbonyl (C=O) groups is 1. The molecule has 0 unspecified atom stereocenters. The van der Waals surface area contributed by atoms with Crippen LogP contribution in [0.1, 0.15) is 34.4 Å². The summed E-state index contributed by atoms with van der Waals surface area (Å²) in [6.07, 6.45) is 5.68. The number of nitrogen functional groups attached to an aromatic ring is 1. The number of hydrogen-bond donors (Lipinski definition) is 3. The van der Waals surface area contributed by atoms with Crippen molar-refractivity contribution in [3.63, 3.8) is 0 Å². The number of nitrogens with one attached hydrogen (secondary N) is 1. The van der Waals surface area contributed by atoms with Crippen LogP contribution in [0.25, 0.3) is 16.6 Å². The van der Waals surface area contributed by atoms with E-state index in [-0.39, 0.29) is 17.1 Å². The van der Waals surface area contributed by atoms with E-state index in [1.54, 1.807) is 23.0 Å². The average molecular weight is 547 g/mol. The Labute approximate surface area is 234 Å². The lowest BCUT2D eigenvalue weighted by Crippen LogP contribution is -2.31. The van der Waals surface area contributed by atoms with Crippen LogP contribution < -0.4 is 22.5 Å². The summed E-state index contributed by atoms with van der Waals surface area (Å²) < 4.78 is 4.52. The Morgan fingerprint density at radius 1 is 1.00 bits per heavy atom. The number of nitrogens with two attached hydrogens (primary N) is 2. The van der Waals surface area contributed by atoms with Crippen molar-refractivity contribution in [2.45, 2.75) is 13.3 Å². The fourth-order valence-electron chi connectivity index (χ4n) is 4.14. The predicted octanol–water partition coefficient (Wildman–Crippen LogP) is 2.38. The molecule has 0 aliphatic heterocycles. The number of fused-ring (bicyclic) bond motifs is 2. The fourth-order valence-corrected chi connectivity index (χ4v) is 4.14. The van der Waals surface area contributed by atoms with Crippen molar-refractivity contribution in [2.75, 3.05) is 11.2 Å². The molecule has 0 radical (unpaired) electrons. The van der Waals surface area contributed by atoms with Gasteiger partial charge in [0.15, 0.2) is 17.2 Å². The van der Waals surface area contributed by atoms with E-state index in [1.165, 1.54) is 15.4 Å². The summed E-state index contributed by atoms with van der Waals surface area (Å²) in [6.45, 7) is 1.98. The van der Waals surface area contributed by atoms with Gasteiger partial charge in [-0.2, -0.15) is 10.2 Å². The number of imidazole rings is 1. The zero-order valence-electron chi connectivity index (χ0n) is 22.3. The maximum atomic E-state index is 13.3. The number of hydrogen-bond acceptors (Lipinski definition) is 8. The summed E-state index contributed by atoms with van der Waals surface area (Å²) in [5, 5.41) is 8.51. The van der Waals surface area contributed by atoms with Gasteiger partial charge in [0, 0.05) is 31.4 Å². The molecular formula is C29H26N10O2. The molecule has 5 N–H and O–H groups in total. The first-order chi connectivity index (χ1) is 19.9. The van der Waals surface area contributed by atoms with E-state index >= 15 is 0 Å². The smallest absolute Gasteiger partial charge is 0.281 e. The molecule has 0 spiro atoms. The fraction of sp³-hybridized carbons (Fsp3) is 0.103. The molecular weight excluding hydrogens is 520 g/mol. The SMILES string of the molecule is CCc1nc2cccc(C#Cc3cnn(C)c3)c2c(=O)n1Nc1ccccc1.NC(=O)c1c(N)nc2cccnn12. The number of rotatable bonds is 4. The van der Waals surface area contributed by atoms with Gasteiger partial charge in [-0.3, -0.25) is 19.7 Å². The van der Waals surface area contributed by atoms with Crippen LogP contribution >= 0.6 is 0 Å². The van der Waals surface area contributed by atoms with E-state index in [0.717, 1.165) is 11.3 Å². The van der Waals surface area contributed by atoms with Gasteiger partial charge in [-0.05, 0) is 36.4 Å². The summed E-state index contributed by atoms with van der Waals surface area (Å²) >= 11 is 0. The van der Waals surface area contributed by atoms with Crippen molar-refractivity contribution in [1.29, 1.82) is 0 Å². The van der Waals surface area contributed by atoms with E-state index in [1.807, 2.05) is 68.7 Å². The zero-order valence-corrected chi connectivity index (χ0v) is 22.3. The first kappa shape index (κ1) is 26.6. The van der Waals surface area contributed by atoms with Gasteiger partial charge in [0.1, 0.15) is 5.82 Å². The monoisotopic (exact) mass is 546 g/mol. The highest BCUT2D eigenvalue weighted by Crippen LogP contribution is 2.15. The van der Waals surface area contributed by atoms with E-state index in [4.69, 9.17) is 11.5 Å². The van der Waals surface area contributed by atoms with Crippen molar-refractivity contribution >= 4 is 34.0 Å². The second-order valence-corrected chi connectivity index (χ2v) is 8.86. The van der Waals surface area contributed by atoms with Crippen LogP contribution in [0.5, 0.6) is 0 Å². The van der Waals surface area contributed by atoms with Crippen LogP contribution in [0.3, 0.4) is 0 Å². The number of aromatic nitrogens is 7. The average Bonchev–Trinajstić information content (AvgIpc) is 3.55. The van der Waals surface area contributed by atoms with Gasteiger partial charge in [0.2, 0.25) is 0 Å². The van der Waals surface area contributed by atoms with Crippen molar-refractivity contribution in [1.82, 2.24) is 34.0 Å². The molecule has 12 heteroatoms. The number of benzene rings is 2. The lowest BCUT2D eigenvalue weighted by molar-refractivity contribution is 0.0994. The molecule has 0 saturated carbocycles. The van der Waals surface area contributed by atoms with Gasteiger partial charge in [0.05, 0.1) is 28.4 Å². The third kappa shape index (κ3) is 5.59. The first-order valence-electron chi connectivity index (χ1n) is 12.6. The molecule has 0 aliphatic rings. The summed E-state index contributed by atoms with van der Waals surface area (Å²) in [4.78, 5) is 32.9. The maximum Gasteiger partial charge on any atom is 0.281 e. The van der Waals surface area contributed by atoms with E-state index < -0.39 is 5.91 Å². The zero-order chi connectivity index (χ0) is 28.9. The van der Waals surface area contributed by atoms with Gasteiger partial charge in [-0.1, -0.05) is 43.0 Å². The first-order valence-corrected chi connectivity index (χ1v) is 12.6. The Morgan fingerprint density at radius 3 is 2.51 bits per heavy atom. The summed E-state index contributed by atoms with van der Waals surface area (Å²) in [7, 11) is 1.84. The van der Waals surface area contributed by atoms with Crippen LogP contribution in [-0.2, 0) is 13.5 Å². The van der Waals surface area contributed by atoms with Gasteiger partial charge in [-0.25, -0.2) is 19.2 Å². The number of nitrogens with zero attached hydrogens (tertiary/aromatic N) is 7. The van der Waals surface area contributed by atoms with E-state index in [9.17, 15) is 9.59 Å². The van der Waals surface area contributed by atoms with Crippen LogP contribution in [0.4, 0.5) is 11.5 Å². The number of carbonyl (C=O) groups excluding carboxylic acids is 1. The van der Waals surface area contributed by atoms with Gasteiger partial charge in [-0.15, -0.1) is 0 Å². The standard InChI is InChI=1S/C22H19N5O.C7H7N5O/c1-3-20-24-19-11-7-8-17(13-12-16-14-23-26(2)15-16)21(19)22(28)27(20)25-18-9-5-4-6-10-18;8-6-5(7(9)13)12-4(11-6)2-1-3-10-12/h4-11,14-15,25H,3H2,1-2H3;1-3H,8H2,(H2,9,13). The number of primary amides is 1. The molecule has 0 fully saturated rings. The van der Waals surface area contributed by atoms with Gasteiger partial charge < -0.3 is 11.5 Å². The van der Waals surface area contributed by atoms with Crippen LogP contribution in [-0.4, -0.2) is 39.9 Å². The molecule has 41 heavy (non-hydrogen) atoms. The van der Waals surface area contributed by atoms with Crippen molar-refractivity contribution in [3.05, 3.63) is 112 Å². The molecule has 1 amide bonds. The Balaban J connectivity index is 0.000000216. The number of anilines is 2. The predicted molar refractivity (Wildman–Crippen MR) is 156 cm³/mol. The normalized spacial score (nSPS) is 10.5. The quantitative estimate of drug-likeness (QED) is 0.284. The Morgan fingerprint density at radius 2 is 1.80 bits per heavy atom. The van der Waals surface area contributed by atoms with Gasteiger partial charge in [0.25, 0.3) is 11.5 Å². The minimum atomic E-state index is -0.635. The lowest BCUT2D eigenvalue weighted by atomic mass is 10.1. The van der Waals surface area contributed by atoms with Gasteiger partial charge >= 0.3 is 0 Å². The third-order valence-corrected chi connectivity index (χ3v) is 6.00. The molecule has 2 aromatic carbocycles. The molecule has 0 bridgehead atoms. The second kappa shape index (κ2) is 11.4. The van der Waals surface area contributed by atoms with Crippen molar-refractivity contribution in [2.24, 2.45) is 12.8 Å². The third-order valence-electron chi connectivity index (χ3n) is 6.00. The molecule has 4 aromatic heterocycles. The molecule has 6 aromatic rings. The molecule has 204 valence electrons. The summed E-state index contributed by atoms with van der Waals surface area (Å²) in [6, 6.07) is 18.5. The molecule has 6 rings (SSSR count). The topological polar surface area (TPSA) is 164 Å². The maximum absolute atomic E-state index is 13.3. The highest BCUT2D eigenvalue weighted by atomic mass is 16.1. The minimum absolute atomic E-state index is 0.103. The van der Waals surface area contributed by atoms with Crippen LogP contribution in [0.15, 0.2) is 84.0 Å². The number of para-hydroxylation sites is 1. The number of amides is 1. The molecule has 0 aliphatic carbocycles. The molecule has 0 saturated heterocycles. The Bertz CT molecular complexity index is 2000. The number of aryl methyl sites for hydroxylation is 2. The largest absolute Gasteiger partial charge is 0.382 e. The summed E-state index contributed by atoms with van der Waals surface area (Å²) in [5.41, 5.74) is 17.1. The minimum Gasteiger partial charge on any atom is -0.382 e. The molecule has 4 heterocycles. The van der Waals surface area contributed by atoms with Crippen LogP contribution in [0, 0.1) is 11.8 Å². The second-order valence-electron chi connectivity index (χ2n) is 8.86.